The minimum absolute atomic E-state index is 0. The van der Waals surface area contributed by atoms with Crippen molar-refractivity contribution in [1.29, 1.82) is 0 Å². The molecule has 0 N–H and O–H groups in total. The quantitative estimate of drug-likeness (QED) is 0.560. The van der Waals surface area contributed by atoms with Crippen molar-refractivity contribution < 1.29 is 4.74 Å². The number of halogens is 1. The number of likely N-dealkylation sites (N-methyl/N-ethyl adjacent to an activating group) is 1. The first kappa shape index (κ1) is 20.9. The van der Waals surface area contributed by atoms with Gasteiger partial charge in [0.25, 0.3) is 5.56 Å². The second kappa shape index (κ2) is 9.48. The molecule has 2 aromatic carbocycles. The van der Waals surface area contributed by atoms with Gasteiger partial charge in [0.05, 0.1) is 25.2 Å². The predicted molar refractivity (Wildman–Crippen MR) is 117 cm³/mol. The van der Waals surface area contributed by atoms with Crippen LogP contribution in [0.25, 0.3) is 22.9 Å². The Labute approximate surface area is 169 Å². The number of aromatic nitrogens is 2. The Morgan fingerprint density at radius 2 is 1.74 bits per heavy atom. The molecule has 0 aliphatic rings. The van der Waals surface area contributed by atoms with E-state index in [9.17, 15) is 4.79 Å². The summed E-state index contributed by atoms with van der Waals surface area (Å²) in [5, 5.41) is 5.85. The first-order valence-electron chi connectivity index (χ1n) is 8.53. The maximum absolute atomic E-state index is 12.5. The summed E-state index contributed by atoms with van der Waals surface area (Å²) < 4.78 is 6.69. The van der Waals surface area contributed by atoms with E-state index in [1.54, 1.807) is 13.3 Å². The van der Waals surface area contributed by atoms with E-state index in [1.807, 2.05) is 73.6 Å². The van der Waals surface area contributed by atoms with Crippen LogP contribution in [0.5, 0.6) is 5.75 Å². The lowest BCUT2D eigenvalue weighted by molar-refractivity contribution is 0.368. The number of methoxy groups -OCH3 is 1. The first-order valence-corrected chi connectivity index (χ1v) is 8.53. The van der Waals surface area contributed by atoms with Gasteiger partial charge in [-0.1, -0.05) is 30.4 Å². The third-order valence-electron chi connectivity index (χ3n) is 4.22. The van der Waals surface area contributed by atoms with E-state index in [4.69, 9.17) is 4.74 Å². The van der Waals surface area contributed by atoms with Gasteiger partial charge >= 0.3 is 0 Å². The molecule has 142 valence electrons. The minimum atomic E-state index is -0.0463. The Morgan fingerprint density at radius 3 is 2.41 bits per heavy atom. The number of hydrogen-bond donors (Lipinski definition) is 0. The summed E-state index contributed by atoms with van der Waals surface area (Å²) in [5.74, 6) is 0.837. The van der Waals surface area contributed by atoms with E-state index >= 15 is 0 Å². The summed E-state index contributed by atoms with van der Waals surface area (Å²) >= 11 is 0. The van der Waals surface area contributed by atoms with E-state index in [0.717, 1.165) is 28.8 Å². The van der Waals surface area contributed by atoms with Crippen LogP contribution in [-0.2, 0) is 6.54 Å². The first-order chi connectivity index (χ1) is 12.6. The molecular weight excluding hydrogens is 406 g/mol. The summed E-state index contributed by atoms with van der Waals surface area (Å²) in [6.07, 6.45) is 5.82. The Bertz CT molecular complexity index is 979. The average molecular weight is 430 g/mol. The monoisotopic (exact) mass is 429 g/mol. The number of fused-ring (bicyclic) bond motifs is 1. The lowest BCUT2D eigenvalue weighted by Gasteiger charge is -2.10. The molecule has 3 aromatic rings. The van der Waals surface area contributed by atoms with Crippen molar-refractivity contribution in [2.24, 2.45) is 0 Å². The molecule has 0 radical (unpaired) electrons. The van der Waals surface area contributed by atoms with E-state index in [1.165, 1.54) is 4.68 Å². The zero-order valence-corrected chi connectivity index (χ0v) is 17.5. The van der Waals surface area contributed by atoms with Crippen LogP contribution in [0, 0.1) is 0 Å². The van der Waals surface area contributed by atoms with Gasteiger partial charge in [0.2, 0.25) is 0 Å². The van der Waals surface area contributed by atoms with E-state index in [-0.39, 0.29) is 22.5 Å². The topological polar surface area (TPSA) is 47.4 Å². The molecule has 0 unspecified atom stereocenters. The van der Waals surface area contributed by atoms with Crippen LogP contribution in [0.2, 0.25) is 0 Å². The number of ether oxygens (including phenoxy) is 1. The van der Waals surface area contributed by atoms with Crippen LogP contribution in [0.15, 0.2) is 53.5 Å². The van der Waals surface area contributed by atoms with Crippen molar-refractivity contribution in [3.8, 4) is 5.75 Å². The third-order valence-corrected chi connectivity index (χ3v) is 4.22. The molecule has 0 amide bonds. The molecule has 3 rings (SSSR count). The van der Waals surface area contributed by atoms with Crippen molar-refractivity contribution in [1.82, 2.24) is 14.7 Å². The minimum Gasteiger partial charge on any atom is -0.497 e. The molecule has 0 aliphatic heterocycles. The molecule has 0 bridgehead atoms. The Kier molecular flexibility index (Phi) is 7.33. The van der Waals surface area contributed by atoms with Crippen molar-refractivity contribution in [3.05, 3.63) is 70.1 Å². The molecule has 1 aromatic heterocycles. The van der Waals surface area contributed by atoms with Gasteiger partial charge in [-0.05, 0) is 49.5 Å². The van der Waals surface area contributed by atoms with E-state index < -0.39 is 0 Å². The number of hydrogen-bond acceptors (Lipinski definition) is 4. The fraction of sp³-hybridized carbons (Fsp3) is 0.238. The summed E-state index contributed by atoms with van der Waals surface area (Å²) in [5.41, 5.74) is 2.07. The molecule has 0 atom stereocenters. The van der Waals surface area contributed by atoms with Crippen molar-refractivity contribution in [3.63, 3.8) is 0 Å². The highest BCUT2D eigenvalue weighted by Gasteiger charge is 2.05. The van der Waals surface area contributed by atoms with Gasteiger partial charge in [-0.25, -0.2) is 4.68 Å². The number of benzene rings is 2. The third kappa shape index (κ3) is 5.28. The Hall–Kier alpha value is -2.44. The molecule has 5 nitrogen and oxygen atoms in total. The highest BCUT2D eigenvalue weighted by molar-refractivity contribution is 8.93. The number of nitrogens with zero attached hydrogens (tertiary/aromatic N) is 3. The normalized spacial score (nSPS) is 11.1. The highest BCUT2D eigenvalue weighted by atomic mass is 79.9. The molecule has 0 aliphatic carbocycles. The van der Waals surface area contributed by atoms with Crippen LogP contribution >= 0.6 is 17.0 Å². The van der Waals surface area contributed by atoms with Gasteiger partial charge < -0.3 is 9.64 Å². The van der Waals surface area contributed by atoms with Crippen LogP contribution in [0.4, 0.5) is 0 Å². The van der Waals surface area contributed by atoms with Gasteiger partial charge in [0, 0.05) is 11.9 Å². The van der Waals surface area contributed by atoms with E-state index in [0.29, 0.717) is 11.9 Å². The SMILES string of the molecule is Br.COc1ccc(C=Cc2ccc3c(=O)n(CCN(C)C)ncc3c2)cc1. The van der Waals surface area contributed by atoms with Crippen LogP contribution < -0.4 is 10.3 Å². The van der Waals surface area contributed by atoms with Gasteiger partial charge in [-0.3, -0.25) is 4.79 Å². The molecule has 0 spiro atoms. The fourth-order valence-corrected chi connectivity index (χ4v) is 2.67. The van der Waals surface area contributed by atoms with Crippen molar-refractivity contribution >= 4 is 39.9 Å². The summed E-state index contributed by atoms with van der Waals surface area (Å²) in [7, 11) is 5.61. The molecule has 1 heterocycles. The average Bonchev–Trinajstić information content (AvgIpc) is 2.66. The predicted octanol–water partition coefficient (Wildman–Crippen LogP) is 3.72. The molecule has 0 saturated carbocycles. The smallest absolute Gasteiger partial charge is 0.274 e. The standard InChI is InChI=1S/C21H23N3O2.BrH/c1-23(2)12-13-24-21(25)20-11-8-17(14-18(20)15-22-24)5-4-16-6-9-19(26-3)10-7-16;/h4-11,14-15H,12-13H2,1-3H3;1H. The van der Waals surface area contributed by atoms with Gasteiger partial charge in [0.1, 0.15) is 5.75 Å². The highest BCUT2D eigenvalue weighted by Crippen LogP contribution is 2.16. The molecule has 0 saturated heterocycles. The summed E-state index contributed by atoms with van der Waals surface area (Å²) in [4.78, 5) is 14.6. The maximum atomic E-state index is 12.5. The van der Waals surface area contributed by atoms with Crippen LogP contribution in [-0.4, -0.2) is 42.4 Å². The summed E-state index contributed by atoms with van der Waals surface area (Å²) in [6, 6.07) is 13.7. The lowest BCUT2D eigenvalue weighted by Crippen LogP contribution is -2.28. The van der Waals surface area contributed by atoms with Crippen molar-refractivity contribution in [2.45, 2.75) is 6.54 Å². The van der Waals surface area contributed by atoms with Gasteiger partial charge in [-0.15, -0.1) is 17.0 Å². The van der Waals surface area contributed by atoms with Crippen molar-refractivity contribution in [2.75, 3.05) is 27.7 Å². The molecule has 6 heteroatoms. The summed E-state index contributed by atoms with van der Waals surface area (Å²) in [6.45, 7) is 1.36. The van der Waals surface area contributed by atoms with Gasteiger partial charge in [-0.2, -0.15) is 5.10 Å². The second-order valence-electron chi connectivity index (χ2n) is 6.43. The zero-order chi connectivity index (χ0) is 18.5. The molecule has 27 heavy (non-hydrogen) atoms. The Balaban J connectivity index is 0.00000261. The molecular formula is C21H24BrN3O2. The second-order valence-corrected chi connectivity index (χ2v) is 6.43. The fourth-order valence-electron chi connectivity index (χ4n) is 2.67. The number of rotatable bonds is 6. The van der Waals surface area contributed by atoms with Crippen LogP contribution in [0.3, 0.4) is 0 Å². The maximum Gasteiger partial charge on any atom is 0.274 e. The van der Waals surface area contributed by atoms with E-state index in [2.05, 4.69) is 5.10 Å². The largest absolute Gasteiger partial charge is 0.497 e. The zero-order valence-electron chi connectivity index (χ0n) is 15.8. The molecule has 0 fully saturated rings. The lowest BCUT2D eigenvalue weighted by atomic mass is 10.1. The van der Waals surface area contributed by atoms with Gasteiger partial charge in [0.15, 0.2) is 0 Å². The van der Waals surface area contributed by atoms with Crippen LogP contribution in [0.1, 0.15) is 11.1 Å². The Morgan fingerprint density at radius 1 is 1.07 bits per heavy atom.